The van der Waals surface area contributed by atoms with E-state index in [1.807, 2.05) is 18.2 Å². The van der Waals surface area contributed by atoms with Gasteiger partial charge in [-0.3, -0.25) is 9.69 Å². The highest BCUT2D eigenvalue weighted by Crippen LogP contribution is 2.19. The SMILES string of the molecule is COC(=O)Cc1ccccc1CN1CCCC(C)C1. The number of hydrogen-bond donors (Lipinski definition) is 0. The van der Waals surface area contributed by atoms with Gasteiger partial charge in [0.25, 0.3) is 0 Å². The third-order valence-corrected chi connectivity index (χ3v) is 3.82. The summed E-state index contributed by atoms with van der Waals surface area (Å²) in [5.41, 5.74) is 2.34. The van der Waals surface area contributed by atoms with Crippen molar-refractivity contribution in [2.75, 3.05) is 20.2 Å². The Balaban J connectivity index is 2.04. The Kier molecular flexibility index (Phi) is 4.97. The van der Waals surface area contributed by atoms with Crippen molar-refractivity contribution in [3.63, 3.8) is 0 Å². The fourth-order valence-electron chi connectivity index (χ4n) is 2.78. The van der Waals surface area contributed by atoms with E-state index in [1.54, 1.807) is 0 Å². The van der Waals surface area contributed by atoms with Crippen LogP contribution in [0, 0.1) is 5.92 Å². The first-order valence-corrected chi connectivity index (χ1v) is 7.05. The Morgan fingerprint density at radius 2 is 2.11 bits per heavy atom. The van der Waals surface area contributed by atoms with E-state index in [4.69, 9.17) is 4.74 Å². The third kappa shape index (κ3) is 4.06. The van der Waals surface area contributed by atoms with Crippen LogP contribution in [0.5, 0.6) is 0 Å². The Morgan fingerprint density at radius 1 is 1.37 bits per heavy atom. The number of rotatable bonds is 4. The molecule has 3 heteroatoms. The molecule has 1 fully saturated rings. The smallest absolute Gasteiger partial charge is 0.309 e. The number of nitrogens with zero attached hydrogens (tertiary/aromatic N) is 1. The average molecular weight is 261 g/mol. The van der Waals surface area contributed by atoms with Gasteiger partial charge in [0.15, 0.2) is 0 Å². The van der Waals surface area contributed by atoms with E-state index in [0.717, 1.165) is 31.1 Å². The minimum Gasteiger partial charge on any atom is -0.469 e. The predicted octanol–water partition coefficient (Wildman–Crippen LogP) is 2.63. The maximum atomic E-state index is 11.4. The van der Waals surface area contributed by atoms with Gasteiger partial charge >= 0.3 is 5.97 Å². The van der Waals surface area contributed by atoms with Crippen LogP contribution in [-0.2, 0) is 22.5 Å². The second-order valence-corrected chi connectivity index (χ2v) is 5.50. The zero-order valence-corrected chi connectivity index (χ0v) is 11.9. The van der Waals surface area contributed by atoms with Gasteiger partial charge in [0.1, 0.15) is 0 Å². The lowest BCUT2D eigenvalue weighted by Gasteiger charge is -2.31. The first-order valence-electron chi connectivity index (χ1n) is 7.05. The predicted molar refractivity (Wildman–Crippen MR) is 75.8 cm³/mol. The van der Waals surface area contributed by atoms with E-state index in [0.29, 0.717) is 6.42 Å². The van der Waals surface area contributed by atoms with E-state index in [-0.39, 0.29) is 5.97 Å². The zero-order valence-electron chi connectivity index (χ0n) is 11.9. The number of carbonyl (C=O) groups is 1. The minimum absolute atomic E-state index is 0.167. The van der Waals surface area contributed by atoms with E-state index < -0.39 is 0 Å². The first-order chi connectivity index (χ1) is 9.19. The normalized spacial score (nSPS) is 20.2. The molecule has 0 spiro atoms. The molecule has 0 saturated carbocycles. The molecule has 1 unspecified atom stereocenters. The summed E-state index contributed by atoms with van der Waals surface area (Å²) in [5.74, 6) is 0.612. The largest absolute Gasteiger partial charge is 0.469 e. The van der Waals surface area contributed by atoms with E-state index >= 15 is 0 Å². The maximum absolute atomic E-state index is 11.4. The maximum Gasteiger partial charge on any atom is 0.309 e. The van der Waals surface area contributed by atoms with Crippen molar-refractivity contribution in [1.82, 2.24) is 4.90 Å². The van der Waals surface area contributed by atoms with Gasteiger partial charge in [0, 0.05) is 13.1 Å². The van der Waals surface area contributed by atoms with Crippen LogP contribution in [0.1, 0.15) is 30.9 Å². The van der Waals surface area contributed by atoms with Crippen LogP contribution in [0.4, 0.5) is 0 Å². The zero-order chi connectivity index (χ0) is 13.7. The first kappa shape index (κ1) is 14.1. The molecule has 0 N–H and O–H groups in total. The highest BCUT2D eigenvalue weighted by molar-refractivity contribution is 5.72. The topological polar surface area (TPSA) is 29.5 Å². The van der Waals surface area contributed by atoms with Gasteiger partial charge in [0.2, 0.25) is 0 Å². The monoisotopic (exact) mass is 261 g/mol. The fraction of sp³-hybridized carbons (Fsp3) is 0.562. The molecule has 1 saturated heterocycles. The highest BCUT2D eigenvalue weighted by atomic mass is 16.5. The molecule has 1 aromatic carbocycles. The lowest BCUT2D eigenvalue weighted by atomic mass is 9.98. The molecule has 0 aliphatic carbocycles. The van der Waals surface area contributed by atoms with Gasteiger partial charge < -0.3 is 4.74 Å². The molecule has 104 valence electrons. The van der Waals surface area contributed by atoms with Crippen molar-refractivity contribution < 1.29 is 9.53 Å². The number of methoxy groups -OCH3 is 1. The summed E-state index contributed by atoms with van der Waals surface area (Å²) < 4.78 is 4.76. The molecular formula is C16H23NO2. The van der Waals surface area contributed by atoms with Crippen molar-refractivity contribution in [2.45, 2.75) is 32.7 Å². The second kappa shape index (κ2) is 6.71. The molecule has 1 heterocycles. The summed E-state index contributed by atoms with van der Waals surface area (Å²) in [7, 11) is 1.44. The number of carbonyl (C=O) groups excluding carboxylic acids is 1. The van der Waals surface area contributed by atoms with Crippen LogP contribution < -0.4 is 0 Å². The van der Waals surface area contributed by atoms with Crippen molar-refractivity contribution >= 4 is 5.97 Å². The molecule has 1 atom stereocenters. The van der Waals surface area contributed by atoms with Crippen LogP contribution in [-0.4, -0.2) is 31.1 Å². The molecule has 0 bridgehead atoms. The van der Waals surface area contributed by atoms with Gasteiger partial charge in [-0.2, -0.15) is 0 Å². The summed E-state index contributed by atoms with van der Waals surface area (Å²) >= 11 is 0. The molecule has 1 aromatic rings. The van der Waals surface area contributed by atoms with E-state index in [2.05, 4.69) is 17.9 Å². The molecule has 1 aliphatic heterocycles. The Hall–Kier alpha value is -1.35. The molecule has 0 amide bonds. The van der Waals surface area contributed by atoms with Crippen molar-refractivity contribution in [3.8, 4) is 0 Å². The summed E-state index contributed by atoms with van der Waals surface area (Å²) in [6, 6.07) is 8.18. The van der Waals surface area contributed by atoms with Crippen LogP contribution >= 0.6 is 0 Å². The fourth-order valence-corrected chi connectivity index (χ4v) is 2.78. The van der Waals surface area contributed by atoms with Gasteiger partial charge in [-0.15, -0.1) is 0 Å². The summed E-state index contributed by atoms with van der Waals surface area (Å²) in [6.07, 6.45) is 2.98. The van der Waals surface area contributed by atoms with Crippen molar-refractivity contribution in [3.05, 3.63) is 35.4 Å². The van der Waals surface area contributed by atoms with Crippen LogP contribution in [0.2, 0.25) is 0 Å². The highest BCUT2D eigenvalue weighted by Gasteiger charge is 2.17. The van der Waals surface area contributed by atoms with E-state index in [9.17, 15) is 4.79 Å². The molecule has 3 nitrogen and oxygen atoms in total. The molecule has 19 heavy (non-hydrogen) atoms. The van der Waals surface area contributed by atoms with Crippen LogP contribution in [0.15, 0.2) is 24.3 Å². The Labute approximate surface area is 115 Å². The number of likely N-dealkylation sites (tertiary alicyclic amines) is 1. The molecule has 0 radical (unpaired) electrons. The quantitative estimate of drug-likeness (QED) is 0.780. The average Bonchev–Trinajstić information content (AvgIpc) is 2.41. The summed E-state index contributed by atoms with van der Waals surface area (Å²) in [4.78, 5) is 13.9. The molecule has 2 rings (SSSR count). The van der Waals surface area contributed by atoms with Gasteiger partial charge in [-0.05, 0) is 36.4 Å². The number of esters is 1. The lowest BCUT2D eigenvalue weighted by Crippen LogP contribution is -2.34. The number of ether oxygens (including phenoxy) is 1. The van der Waals surface area contributed by atoms with Gasteiger partial charge in [-0.25, -0.2) is 0 Å². The van der Waals surface area contributed by atoms with Gasteiger partial charge in [-0.1, -0.05) is 31.2 Å². The number of benzene rings is 1. The van der Waals surface area contributed by atoms with Crippen LogP contribution in [0.3, 0.4) is 0 Å². The van der Waals surface area contributed by atoms with Crippen molar-refractivity contribution in [1.29, 1.82) is 0 Å². The minimum atomic E-state index is -0.167. The van der Waals surface area contributed by atoms with Gasteiger partial charge in [0.05, 0.1) is 13.5 Å². The molecule has 0 aromatic heterocycles. The molecular weight excluding hydrogens is 238 g/mol. The summed E-state index contributed by atoms with van der Waals surface area (Å²) in [6.45, 7) is 5.58. The number of piperidine rings is 1. The van der Waals surface area contributed by atoms with E-state index in [1.165, 1.54) is 25.5 Å². The standard InChI is InChI=1S/C16H23NO2/c1-13-6-5-9-17(11-13)12-15-8-4-3-7-14(15)10-16(18)19-2/h3-4,7-8,13H,5-6,9-12H2,1-2H3. The van der Waals surface area contributed by atoms with Crippen LogP contribution in [0.25, 0.3) is 0 Å². The third-order valence-electron chi connectivity index (χ3n) is 3.82. The Morgan fingerprint density at radius 3 is 2.79 bits per heavy atom. The second-order valence-electron chi connectivity index (χ2n) is 5.50. The van der Waals surface area contributed by atoms with Crippen molar-refractivity contribution in [2.24, 2.45) is 5.92 Å². The summed E-state index contributed by atoms with van der Waals surface area (Å²) in [5, 5.41) is 0. The Bertz CT molecular complexity index is 431. The lowest BCUT2D eigenvalue weighted by molar-refractivity contribution is -0.139. The number of hydrogen-bond acceptors (Lipinski definition) is 3. The molecule has 1 aliphatic rings.